The summed E-state index contributed by atoms with van der Waals surface area (Å²) in [6.07, 6.45) is 2.85. The van der Waals surface area contributed by atoms with Gasteiger partial charge >= 0.3 is 0 Å². The second kappa shape index (κ2) is 8.85. The largest absolute Gasteiger partial charge is 0.376 e. The fourth-order valence-corrected chi connectivity index (χ4v) is 5.25. The third-order valence-corrected chi connectivity index (χ3v) is 7.01. The molecule has 3 aromatic rings. The summed E-state index contributed by atoms with van der Waals surface area (Å²) in [7, 11) is 0. The highest BCUT2D eigenvalue weighted by atomic mass is 32.2. The number of amides is 1. The number of benzene rings is 2. The van der Waals surface area contributed by atoms with E-state index in [9.17, 15) is 9.59 Å². The Hall–Kier alpha value is -2.64. The van der Waals surface area contributed by atoms with E-state index in [4.69, 9.17) is 9.72 Å². The van der Waals surface area contributed by atoms with Gasteiger partial charge in [0.25, 0.3) is 5.56 Å². The minimum absolute atomic E-state index is 0.0225. The number of carbonyl (C=O) groups excluding carboxylic acids is 1. The van der Waals surface area contributed by atoms with Crippen LogP contribution in [-0.4, -0.2) is 45.4 Å². The summed E-state index contributed by atoms with van der Waals surface area (Å²) in [4.78, 5) is 32.8. The SMILES string of the molecule is O=C(CSc1nc2ccccc2c(=O)n1CC1CCCO1)N1CCc2ccccc2C1. The number of para-hydroxylation sites is 1. The number of thioether (sulfide) groups is 1. The first-order chi connectivity index (χ1) is 15.2. The zero-order valence-corrected chi connectivity index (χ0v) is 18.1. The highest BCUT2D eigenvalue weighted by Crippen LogP contribution is 2.23. The van der Waals surface area contributed by atoms with Gasteiger partial charge in [-0.3, -0.25) is 14.2 Å². The average molecular weight is 436 g/mol. The molecule has 1 atom stereocenters. The molecule has 2 aromatic carbocycles. The lowest BCUT2D eigenvalue weighted by atomic mass is 10.00. The van der Waals surface area contributed by atoms with Crippen molar-refractivity contribution in [3.05, 3.63) is 70.0 Å². The summed E-state index contributed by atoms with van der Waals surface area (Å²) in [5.74, 6) is 0.337. The molecule has 31 heavy (non-hydrogen) atoms. The monoisotopic (exact) mass is 435 g/mol. The van der Waals surface area contributed by atoms with Crippen LogP contribution in [-0.2, 0) is 29.0 Å². The summed E-state index contributed by atoms with van der Waals surface area (Å²) in [5.41, 5.74) is 3.13. The van der Waals surface area contributed by atoms with Crippen molar-refractivity contribution in [3.63, 3.8) is 0 Å². The Balaban J connectivity index is 1.36. The van der Waals surface area contributed by atoms with Crippen molar-refractivity contribution < 1.29 is 9.53 Å². The normalized spacial score (nSPS) is 18.3. The molecule has 1 saturated heterocycles. The zero-order chi connectivity index (χ0) is 21.2. The van der Waals surface area contributed by atoms with Gasteiger partial charge in [-0.15, -0.1) is 0 Å². The topological polar surface area (TPSA) is 64.4 Å². The van der Waals surface area contributed by atoms with Crippen LogP contribution in [0.2, 0.25) is 0 Å². The molecule has 0 aliphatic carbocycles. The summed E-state index contributed by atoms with van der Waals surface area (Å²) >= 11 is 1.35. The van der Waals surface area contributed by atoms with Crippen LogP contribution in [0.4, 0.5) is 0 Å². The first-order valence-corrected chi connectivity index (χ1v) is 11.8. The van der Waals surface area contributed by atoms with Crippen molar-refractivity contribution in [3.8, 4) is 0 Å². The van der Waals surface area contributed by atoms with Crippen LogP contribution in [0.15, 0.2) is 58.5 Å². The molecule has 1 amide bonds. The number of nitrogens with zero attached hydrogens (tertiary/aromatic N) is 3. The van der Waals surface area contributed by atoms with Crippen LogP contribution >= 0.6 is 11.8 Å². The molecule has 0 bridgehead atoms. The van der Waals surface area contributed by atoms with Crippen LogP contribution < -0.4 is 5.56 Å². The first-order valence-electron chi connectivity index (χ1n) is 10.8. The molecule has 0 spiro atoms. The second-order valence-corrected chi connectivity index (χ2v) is 9.03. The van der Waals surface area contributed by atoms with E-state index in [0.717, 1.165) is 32.4 Å². The quantitative estimate of drug-likeness (QED) is 0.455. The Morgan fingerprint density at radius 3 is 2.77 bits per heavy atom. The van der Waals surface area contributed by atoms with Crippen LogP contribution in [0.5, 0.6) is 0 Å². The number of rotatable bonds is 5. The van der Waals surface area contributed by atoms with E-state index < -0.39 is 0 Å². The molecule has 1 fully saturated rings. The maximum absolute atomic E-state index is 13.2. The van der Waals surface area contributed by atoms with Crippen LogP contribution in [0.1, 0.15) is 24.0 Å². The standard InChI is InChI=1S/C24H25N3O3S/c28-22(26-12-11-17-6-1-2-7-18(17)14-26)16-31-24-25-21-10-4-3-9-20(21)23(29)27(24)15-19-8-5-13-30-19/h1-4,6-7,9-10,19H,5,8,11-16H2. The highest BCUT2D eigenvalue weighted by Gasteiger charge is 2.23. The van der Waals surface area contributed by atoms with E-state index in [-0.39, 0.29) is 23.3 Å². The number of ether oxygens (including phenoxy) is 1. The lowest BCUT2D eigenvalue weighted by Crippen LogP contribution is -2.37. The lowest BCUT2D eigenvalue weighted by Gasteiger charge is -2.28. The molecular weight excluding hydrogens is 410 g/mol. The predicted octanol–water partition coefficient (Wildman–Crippen LogP) is 3.25. The van der Waals surface area contributed by atoms with Crippen LogP contribution in [0.3, 0.4) is 0 Å². The van der Waals surface area contributed by atoms with Gasteiger partial charge in [-0.05, 0) is 42.5 Å². The Bertz CT molecular complexity index is 1170. The Morgan fingerprint density at radius 1 is 1.13 bits per heavy atom. The van der Waals surface area contributed by atoms with Gasteiger partial charge in [-0.25, -0.2) is 4.98 Å². The molecule has 2 aliphatic heterocycles. The van der Waals surface area contributed by atoms with E-state index in [1.54, 1.807) is 10.6 Å². The molecule has 6 nitrogen and oxygen atoms in total. The maximum Gasteiger partial charge on any atom is 0.262 e. The molecule has 0 saturated carbocycles. The van der Waals surface area contributed by atoms with E-state index >= 15 is 0 Å². The number of fused-ring (bicyclic) bond motifs is 2. The minimum Gasteiger partial charge on any atom is -0.376 e. The third-order valence-electron chi connectivity index (χ3n) is 6.04. The van der Waals surface area contributed by atoms with Crippen molar-refractivity contribution in [2.75, 3.05) is 18.9 Å². The van der Waals surface area contributed by atoms with Crippen molar-refractivity contribution in [2.45, 2.75) is 43.6 Å². The Labute approximate surface area is 185 Å². The molecule has 1 unspecified atom stereocenters. The molecular formula is C24H25N3O3S. The van der Waals surface area contributed by atoms with Crippen LogP contribution in [0.25, 0.3) is 10.9 Å². The van der Waals surface area contributed by atoms with Crippen molar-refractivity contribution >= 4 is 28.6 Å². The third kappa shape index (κ3) is 4.25. The number of aromatic nitrogens is 2. The highest BCUT2D eigenvalue weighted by molar-refractivity contribution is 7.99. The van der Waals surface area contributed by atoms with Crippen molar-refractivity contribution in [1.29, 1.82) is 0 Å². The number of hydrogen-bond donors (Lipinski definition) is 0. The van der Waals surface area contributed by atoms with E-state index in [1.807, 2.05) is 35.2 Å². The predicted molar refractivity (Wildman–Crippen MR) is 121 cm³/mol. The summed E-state index contributed by atoms with van der Waals surface area (Å²) in [5, 5.41) is 1.19. The molecule has 0 radical (unpaired) electrons. The Morgan fingerprint density at radius 2 is 1.94 bits per heavy atom. The molecule has 3 heterocycles. The molecule has 1 aromatic heterocycles. The summed E-state index contributed by atoms with van der Waals surface area (Å²) in [6.45, 7) is 2.58. The first kappa shape index (κ1) is 20.3. The van der Waals surface area contributed by atoms with Gasteiger partial charge in [0.2, 0.25) is 5.91 Å². The van der Waals surface area contributed by atoms with Gasteiger partial charge in [0, 0.05) is 19.7 Å². The smallest absolute Gasteiger partial charge is 0.262 e. The van der Waals surface area contributed by atoms with E-state index in [0.29, 0.717) is 29.1 Å². The molecule has 5 rings (SSSR count). The van der Waals surface area contributed by atoms with E-state index in [1.165, 1.54) is 22.9 Å². The van der Waals surface area contributed by atoms with Gasteiger partial charge in [0.05, 0.1) is 29.3 Å². The zero-order valence-electron chi connectivity index (χ0n) is 17.3. The second-order valence-electron chi connectivity index (χ2n) is 8.08. The molecule has 2 aliphatic rings. The van der Waals surface area contributed by atoms with E-state index in [2.05, 4.69) is 12.1 Å². The average Bonchev–Trinajstić information content (AvgIpc) is 3.32. The van der Waals surface area contributed by atoms with Gasteiger partial charge in [-0.2, -0.15) is 0 Å². The summed E-state index contributed by atoms with van der Waals surface area (Å²) in [6, 6.07) is 15.7. The van der Waals surface area contributed by atoms with Gasteiger partial charge in [0.1, 0.15) is 0 Å². The summed E-state index contributed by atoms with van der Waals surface area (Å²) < 4.78 is 7.46. The van der Waals surface area contributed by atoms with Crippen molar-refractivity contribution in [2.24, 2.45) is 0 Å². The molecule has 7 heteroatoms. The molecule has 0 N–H and O–H groups in total. The Kier molecular flexibility index (Phi) is 5.78. The fourth-order valence-electron chi connectivity index (χ4n) is 4.34. The van der Waals surface area contributed by atoms with Gasteiger partial charge in [0.15, 0.2) is 5.16 Å². The lowest BCUT2D eigenvalue weighted by molar-refractivity contribution is -0.129. The molecule has 160 valence electrons. The minimum atomic E-state index is -0.0667. The fraction of sp³-hybridized carbons (Fsp3) is 0.375. The van der Waals surface area contributed by atoms with Crippen LogP contribution in [0, 0.1) is 0 Å². The number of carbonyl (C=O) groups is 1. The number of hydrogen-bond acceptors (Lipinski definition) is 5. The van der Waals surface area contributed by atoms with Gasteiger partial charge < -0.3 is 9.64 Å². The van der Waals surface area contributed by atoms with Gasteiger partial charge in [-0.1, -0.05) is 48.2 Å². The maximum atomic E-state index is 13.2. The van der Waals surface area contributed by atoms with Crippen molar-refractivity contribution in [1.82, 2.24) is 14.5 Å².